The van der Waals surface area contributed by atoms with Crippen LogP contribution in [0.5, 0.6) is 0 Å². The van der Waals surface area contributed by atoms with Crippen molar-refractivity contribution in [2.75, 3.05) is 30.4 Å². The SMILES string of the molecule is CNc1ccc([N+](=O)[O-])c(N2CCCC(C)(C)C2)n1. The van der Waals surface area contributed by atoms with Gasteiger partial charge in [0, 0.05) is 26.2 Å². The fourth-order valence-corrected chi connectivity index (χ4v) is 2.56. The zero-order chi connectivity index (χ0) is 14.0. The Balaban J connectivity index is 2.38. The monoisotopic (exact) mass is 264 g/mol. The molecule has 1 saturated heterocycles. The molecule has 1 aromatic rings. The molecule has 0 aliphatic carbocycles. The van der Waals surface area contributed by atoms with E-state index >= 15 is 0 Å². The third-order valence-corrected chi connectivity index (χ3v) is 3.51. The number of nitrogens with zero attached hydrogens (tertiary/aromatic N) is 3. The van der Waals surface area contributed by atoms with Crippen LogP contribution in [-0.4, -0.2) is 30.0 Å². The Kier molecular flexibility index (Phi) is 3.59. The molecule has 1 fully saturated rings. The first-order valence-corrected chi connectivity index (χ1v) is 6.51. The average molecular weight is 264 g/mol. The number of nitro groups is 1. The van der Waals surface area contributed by atoms with E-state index in [1.165, 1.54) is 6.07 Å². The largest absolute Gasteiger partial charge is 0.373 e. The van der Waals surface area contributed by atoms with Crippen LogP contribution in [-0.2, 0) is 0 Å². The van der Waals surface area contributed by atoms with Crippen LogP contribution in [0.4, 0.5) is 17.3 Å². The summed E-state index contributed by atoms with van der Waals surface area (Å²) < 4.78 is 0. The highest BCUT2D eigenvalue weighted by Crippen LogP contribution is 2.35. The molecule has 104 valence electrons. The first-order chi connectivity index (χ1) is 8.93. The van der Waals surface area contributed by atoms with Crippen molar-refractivity contribution in [2.45, 2.75) is 26.7 Å². The summed E-state index contributed by atoms with van der Waals surface area (Å²) in [5.41, 5.74) is 0.250. The second-order valence-electron chi connectivity index (χ2n) is 5.74. The fraction of sp³-hybridized carbons (Fsp3) is 0.615. The molecule has 1 aromatic heterocycles. The lowest BCUT2D eigenvalue weighted by atomic mass is 9.84. The number of anilines is 2. The van der Waals surface area contributed by atoms with Crippen LogP contribution in [0.25, 0.3) is 0 Å². The normalized spacial score (nSPS) is 18.2. The minimum atomic E-state index is -0.358. The van der Waals surface area contributed by atoms with Crippen LogP contribution >= 0.6 is 0 Å². The maximum absolute atomic E-state index is 11.1. The number of nitrogens with one attached hydrogen (secondary N) is 1. The molecule has 2 rings (SSSR count). The molecule has 0 atom stereocenters. The Morgan fingerprint density at radius 1 is 1.47 bits per heavy atom. The number of piperidine rings is 1. The number of rotatable bonds is 3. The minimum Gasteiger partial charge on any atom is -0.373 e. The second kappa shape index (κ2) is 5.03. The molecule has 1 aliphatic heterocycles. The summed E-state index contributed by atoms with van der Waals surface area (Å²) in [4.78, 5) is 17.2. The van der Waals surface area contributed by atoms with Gasteiger partial charge in [-0.2, -0.15) is 0 Å². The van der Waals surface area contributed by atoms with Crippen LogP contribution in [0.2, 0.25) is 0 Å². The fourth-order valence-electron chi connectivity index (χ4n) is 2.56. The molecule has 0 spiro atoms. The van der Waals surface area contributed by atoms with Crippen molar-refractivity contribution in [3.63, 3.8) is 0 Å². The van der Waals surface area contributed by atoms with Crippen LogP contribution in [0.15, 0.2) is 12.1 Å². The number of pyridine rings is 1. The second-order valence-corrected chi connectivity index (χ2v) is 5.74. The molecule has 19 heavy (non-hydrogen) atoms. The predicted octanol–water partition coefficient (Wildman–Crippen LogP) is 2.66. The van der Waals surface area contributed by atoms with Crippen molar-refractivity contribution in [1.82, 2.24) is 4.98 Å². The van der Waals surface area contributed by atoms with Gasteiger partial charge < -0.3 is 10.2 Å². The summed E-state index contributed by atoms with van der Waals surface area (Å²) >= 11 is 0. The lowest BCUT2D eigenvalue weighted by Crippen LogP contribution is -2.40. The van der Waals surface area contributed by atoms with Crippen molar-refractivity contribution in [3.05, 3.63) is 22.2 Å². The van der Waals surface area contributed by atoms with Crippen molar-refractivity contribution < 1.29 is 4.92 Å². The van der Waals surface area contributed by atoms with E-state index in [1.807, 2.05) is 4.90 Å². The lowest BCUT2D eigenvalue weighted by Gasteiger charge is -2.38. The lowest BCUT2D eigenvalue weighted by molar-refractivity contribution is -0.384. The van der Waals surface area contributed by atoms with E-state index in [-0.39, 0.29) is 16.0 Å². The van der Waals surface area contributed by atoms with E-state index in [1.54, 1.807) is 13.1 Å². The van der Waals surface area contributed by atoms with Crippen molar-refractivity contribution in [2.24, 2.45) is 5.41 Å². The Labute approximate surface area is 113 Å². The molecule has 1 N–H and O–H groups in total. The van der Waals surface area contributed by atoms with E-state index in [0.717, 1.165) is 25.9 Å². The van der Waals surface area contributed by atoms with E-state index < -0.39 is 0 Å². The van der Waals surface area contributed by atoms with Crippen LogP contribution in [0.1, 0.15) is 26.7 Å². The number of aromatic nitrogens is 1. The zero-order valence-corrected chi connectivity index (χ0v) is 11.6. The molecule has 6 nitrogen and oxygen atoms in total. The summed E-state index contributed by atoms with van der Waals surface area (Å²) in [6.45, 7) is 6.00. The summed E-state index contributed by atoms with van der Waals surface area (Å²) in [5, 5.41) is 14.1. The first-order valence-electron chi connectivity index (χ1n) is 6.51. The van der Waals surface area contributed by atoms with Crippen molar-refractivity contribution in [1.29, 1.82) is 0 Å². The predicted molar refractivity (Wildman–Crippen MR) is 75.7 cm³/mol. The molecule has 2 heterocycles. The summed E-state index contributed by atoms with van der Waals surface area (Å²) in [6.07, 6.45) is 2.18. The summed E-state index contributed by atoms with van der Waals surface area (Å²) in [5.74, 6) is 1.13. The molecule has 1 aliphatic rings. The smallest absolute Gasteiger partial charge is 0.311 e. The topological polar surface area (TPSA) is 71.3 Å². The maximum Gasteiger partial charge on any atom is 0.311 e. The molecule has 0 amide bonds. The van der Waals surface area contributed by atoms with Gasteiger partial charge in [-0.3, -0.25) is 10.1 Å². The van der Waals surface area contributed by atoms with E-state index in [9.17, 15) is 10.1 Å². The molecule has 0 radical (unpaired) electrons. The van der Waals surface area contributed by atoms with Crippen LogP contribution < -0.4 is 10.2 Å². The zero-order valence-electron chi connectivity index (χ0n) is 11.6. The Hall–Kier alpha value is -1.85. The number of hydrogen-bond donors (Lipinski definition) is 1. The van der Waals surface area contributed by atoms with Gasteiger partial charge in [-0.05, 0) is 24.3 Å². The van der Waals surface area contributed by atoms with Crippen LogP contribution in [0, 0.1) is 15.5 Å². The van der Waals surface area contributed by atoms with Gasteiger partial charge in [0.2, 0.25) is 5.82 Å². The average Bonchev–Trinajstić information content (AvgIpc) is 2.36. The molecule has 0 saturated carbocycles. The quantitative estimate of drug-likeness (QED) is 0.671. The number of hydrogen-bond acceptors (Lipinski definition) is 5. The van der Waals surface area contributed by atoms with E-state index in [0.29, 0.717) is 11.6 Å². The van der Waals surface area contributed by atoms with Gasteiger partial charge in [0.1, 0.15) is 5.82 Å². The van der Waals surface area contributed by atoms with Gasteiger partial charge in [-0.25, -0.2) is 4.98 Å². The van der Waals surface area contributed by atoms with Gasteiger partial charge in [0.05, 0.1) is 4.92 Å². The van der Waals surface area contributed by atoms with Gasteiger partial charge in [0.15, 0.2) is 0 Å². The molecule has 0 unspecified atom stereocenters. The minimum absolute atomic E-state index is 0.0803. The van der Waals surface area contributed by atoms with Gasteiger partial charge in [-0.1, -0.05) is 13.8 Å². The standard InChI is InChI=1S/C13H20N4O2/c1-13(2)7-4-8-16(9-13)12-10(17(18)19)5-6-11(14-3)15-12/h5-6H,4,7-9H2,1-3H3,(H,14,15). The molecule has 6 heteroatoms. The third-order valence-electron chi connectivity index (χ3n) is 3.51. The Bertz CT molecular complexity index is 488. The molecule has 0 aromatic carbocycles. The highest BCUT2D eigenvalue weighted by molar-refractivity contribution is 5.62. The van der Waals surface area contributed by atoms with Gasteiger partial charge >= 0.3 is 5.69 Å². The molecular formula is C13H20N4O2. The summed E-state index contributed by atoms with van der Waals surface area (Å²) in [7, 11) is 1.76. The van der Waals surface area contributed by atoms with Gasteiger partial charge in [-0.15, -0.1) is 0 Å². The maximum atomic E-state index is 11.1. The van der Waals surface area contributed by atoms with Crippen LogP contribution in [0.3, 0.4) is 0 Å². The van der Waals surface area contributed by atoms with Crippen molar-refractivity contribution in [3.8, 4) is 0 Å². The summed E-state index contributed by atoms with van der Waals surface area (Å²) in [6, 6.07) is 3.16. The third kappa shape index (κ3) is 2.94. The van der Waals surface area contributed by atoms with Crippen molar-refractivity contribution >= 4 is 17.3 Å². The highest BCUT2D eigenvalue weighted by Gasteiger charge is 2.31. The molecule has 0 bridgehead atoms. The first kappa shape index (κ1) is 13.6. The Morgan fingerprint density at radius 2 is 2.21 bits per heavy atom. The highest BCUT2D eigenvalue weighted by atomic mass is 16.6. The Morgan fingerprint density at radius 3 is 2.79 bits per heavy atom. The van der Waals surface area contributed by atoms with Gasteiger partial charge in [0.25, 0.3) is 0 Å². The van der Waals surface area contributed by atoms with E-state index in [4.69, 9.17) is 0 Å². The molecular weight excluding hydrogens is 244 g/mol. The van der Waals surface area contributed by atoms with E-state index in [2.05, 4.69) is 24.1 Å².